The summed E-state index contributed by atoms with van der Waals surface area (Å²) in [4.78, 5) is 10.3. The van der Waals surface area contributed by atoms with Gasteiger partial charge in [-0.25, -0.2) is 8.42 Å². The topological polar surface area (TPSA) is 80.5 Å². The van der Waals surface area contributed by atoms with Gasteiger partial charge in [-0.1, -0.05) is 41.4 Å². The zero-order valence-corrected chi connectivity index (χ0v) is 16.5. The van der Waals surface area contributed by atoms with Gasteiger partial charge in [0.25, 0.3) is 15.7 Å². The molecule has 0 amide bonds. The highest BCUT2D eigenvalue weighted by Gasteiger charge is 2.26. The normalized spacial score (nSPS) is 11.2. The molecule has 0 radical (unpaired) electrons. The van der Waals surface area contributed by atoms with Crippen LogP contribution in [-0.4, -0.2) is 13.3 Å². The highest BCUT2D eigenvalue weighted by atomic mass is 35.5. The molecular weight excluding hydrogens is 400 g/mol. The van der Waals surface area contributed by atoms with E-state index in [2.05, 4.69) is 0 Å². The largest absolute Gasteiger partial charge is 0.269 e. The van der Waals surface area contributed by atoms with Crippen LogP contribution in [0.1, 0.15) is 11.1 Å². The lowest BCUT2D eigenvalue weighted by Crippen LogP contribution is -2.30. The zero-order valence-electron chi connectivity index (χ0n) is 14.9. The van der Waals surface area contributed by atoms with Gasteiger partial charge in [0, 0.05) is 17.2 Å². The molecule has 0 N–H and O–H groups in total. The molecule has 0 spiro atoms. The number of hydrogen-bond acceptors (Lipinski definition) is 4. The Hall–Kier alpha value is -2.90. The molecule has 0 heterocycles. The van der Waals surface area contributed by atoms with Crippen molar-refractivity contribution >= 4 is 33.0 Å². The maximum Gasteiger partial charge on any atom is 0.269 e. The zero-order chi connectivity index (χ0) is 20.3. The number of non-ortho nitro benzene ring substituents is 1. The fourth-order valence-corrected chi connectivity index (χ4v) is 4.34. The van der Waals surface area contributed by atoms with Gasteiger partial charge in [-0.3, -0.25) is 14.4 Å². The third-order valence-electron chi connectivity index (χ3n) is 4.16. The quantitative estimate of drug-likeness (QED) is 0.420. The second kappa shape index (κ2) is 8.00. The van der Waals surface area contributed by atoms with E-state index in [0.717, 1.165) is 11.1 Å². The average Bonchev–Trinajstić information content (AvgIpc) is 2.67. The van der Waals surface area contributed by atoms with Crippen LogP contribution >= 0.6 is 11.6 Å². The minimum absolute atomic E-state index is 0.0271. The summed E-state index contributed by atoms with van der Waals surface area (Å²) in [5.41, 5.74) is 2.11. The first-order chi connectivity index (χ1) is 13.3. The smallest absolute Gasteiger partial charge is 0.262 e. The van der Waals surface area contributed by atoms with Crippen molar-refractivity contribution in [3.05, 3.63) is 99.1 Å². The molecule has 0 saturated carbocycles. The maximum absolute atomic E-state index is 13.3. The molecule has 3 aromatic carbocycles. The van der Waals surface area contributed by atoms with Gasteiger partial charge < -0.3 is 0 Å². The molecule has 0 fully saturated rings. The standard InChI is InChI=1S/C20H17ClN2O4S/c1-15-3-2-4-16(13-15)14-22(18-7-5-17(21)6-8-18)28(26,27)20-11-9-19(10-12-20)23(24)25/h2-13H,14H2,1H3. The van der Waals surface area contributed by atoms with E-state index in [1.807, 2.05) is 31.2 Å². The van der Waals surface area contributed by atoms with E-state index in [1.54, 1.807) is 24.3 Å². The number of hydrogen-bond donors (Lipinski definition) is 0. The Bertz CT molecular complexity index is 1100. The Balaban J connectivity index is 2.06. The van der Waals surface area contributed by atoms with Gasteiger partial charge in [-0.05, 0) is 48.9 Å². The minimum atomic E-state index is -3.95. The number of anilines is 1. The van der Waals surface area contributed by atoms with Gasteiger partial charge in [0.15, 0.2) is 0 Å². The number of halogens is 1. The van der Waals surface area contributed by atoms with Crippen LogP contribution in [0.4, 0.5) is 11.4 Å². The molecule has 0 aliphatic carbocycles. The first kappa shape index (κ1) is 19.9. The van der Waals surface area contributed by atoms with E-state index in [9.17, 15) is 18.5 Å². The molecular formula is C20H17ClN2O4S. The van der Waals surface area contributed by atoms with E-state index in [0.29, 0.717) is 10.7 Å². The van der Waals surface area contributed by atoms with Gasteiger partial charge in [-0.15, -0.1) is 0 Å². The number of rotatable bonds is 6. The fraction of sp³-hybridized carbons (Fsp3) is 0.100. The van der Waals surface area contributed by atoms with Gasteiger partial charge in [-0.2, -0.15) is 0 Å². The number of benzene rings is 3. The van der Waals surface area contributed by atoms with Gasteiger partial charge in [0.1, 0.15) is 0 Å². The third-order valence-corrected chi connectivity index (χ3v) is 6.20. The Morgan fingerprint density at radius 1 is 1.00 bits per heavy atom. The van der Waals surface area contributed by atoms with Crippen molar-refractivity contribution in [1.29, 1.82) is 0 Å². The van der Waals surface area contributed by atoms with Crippen LogP contribution in [0.3, 0.4) is 0 Å². The van der Waals surface area contributed by atoms with E-state index in [-0.39, 0.29) is 17.1 Å². The summed E-state index contributed by atoms with van der Waals surface area (Å²) in [6.45, 7) is 2.05. The van der Waals surface area contributed by atoms with E-state index in [4.69, 9.17) is 11.6 Å². The van der Waals surface area contributed by atoms with Gasteiger partial charge >= 0.3 is 0 Å². The molecule has 28 heavy (non-hydrogen) atoms. The monoisotopic (exact) mass is 416 g/mol. The minimum Gasteiger partial charge on any atom is -0.262 e. The molecule has 6 nitrogen and oxygen atoms in total. The molecule has 144 valence electrons. The van der Waals surface area contributed by atoms with Crippen LogP contribution in [-0.2, 0) is 16.6 Å². The highest BCUT2D eigenvalue weighted by molar-refractivity contribution is 7.92. The van der Waals surface area contributed by atoms with E-state index >= 15 is 0 Å². The summed E-state index contributed by atoms with van der Waals surface area (Å²) in [6.07, 6.45) is 0. The SMILES string of the molecule is Cc1cccc(CN(c2ccc(Cl)cc2)S(=O)(=O)c2ccc([N+](=O)[O-])cc2)c1. The van der Waals surface area contributed by atoms with Crippen LogP contribution in [0.2, 0.25) is 5.02 Å². The number of aryl methyl sites for hydroxylation is 1. The molecule has 0 bridgehead atoms. The van der Waals surface area contributed by atoms with E-state index in [1.165, 1.54) is 28.6 Å². The van der Waals surface area contributed by atoms with Gasteiger partial charge in [0.05, 0.1) is 22.1 Å². The number of sulfonamides is 1. The molecule has 8 heteroatoms. The molecule has 0 saturated heterocycles. The first-order valence-electron chi connectivity index (χ1n) is 8.36. The van der Waals surface area contributed by atoms with Crippen molar-refractivity contribution in [2.24, 2.45) is 0 Å². The molecule has 0 unspecified atom stereocenters. The summed E-state index contributed by atoms with van der Waals surface area (Å²) in [7, 11) is -3.95. The lowest BCUT2D eigenvalue weighted by Gasteiger charge is -2.25. The summed E-state index contributed by atoms with van der Waals surface area (Å²) in [5.74, 6) is 0. The fourth-order valence-electron chi connectivity index (χ4n) is 2.77. The predicted molar refractivity (Wildman–Crippen MR) is 109 cm³/mol. The summed E-state index contributed by atoms with van der Waals surface area (Å²) < 4.78 is 27.9. The Labute approximate surface area is 168 Å². The van der Waals surface area contributed by atoms with Crippen molar-refractivity contribution in [2.45, 2.75) is 18.4 Å². The van der Waals surface area contributed by atoms with Crippen LogP contribution in [0.5, 0.6) is 0 Å². The maximum atomic E-state index is 13.3. The number of nitro groups is 1. The predicted octanol–water partition coefficient (Wildman–Crippen LogP) is 4.95. The Morgan fingerprint density at radius 2 is 1.64 bits per heavy atom. The third kappa shape index (κ3) is 4.32. The average molecular weight is 417 g/mol. The molecule has 3 rings (SSSR count). The second-order valence-electron chi connectivity index (χ2n) is 6.23. The summed E-state index contributed by atoms with van der Waals surface area (Å²) in [5, 5.41) is 11.3. The molecule has 0 atom stereocenters. The lowest BCUT2D eigenvalue weighted by molar-refractivity contribution is -0.384. The van der Waals surface area contributed by atoms with Crippen LogP contribution in [0, 0.1) is 17.0 Å². The molecule has 3 aromatic rings. The number of nitro benzene ring substituents is 1. The van der Waals surface area contributed by atoms with Crippen LogP contribution < -0.4 is 4.31 Å². The summed E-state index contributed by atoms with van der Waals surface area (Å²) in [6, 6.07) is 18.9. The van der Waals surface area contributed by atoms with Crippen LogP contribution in [0.25, 0.3) is 0 Å². The lowest BCUT2D eigenvalue weighted by atomic mass is 10.1. The number of nitrogens with zero attached hydrogens (tertiary/aromatic N) is 2. The molecule has 0 aliphatic rings. The molecule has 0 aliphatic heterocycles. The Kier molecular flexibility index (Phi) is 5.67. The van der Waals surface area contributed by atoms with Crippen molar-refractivity contribution < 1.29 is 13.3 Å². The second-order valence-corrected chi connectivity index (χ2v) is 8.53. The Morgan fingerprint density at radius 3 is 2.21 bits per heavy atom. The van der Waals surface area contributed by atoms with Gasteiger partial charge in [0.2, 0.25) is 0 Å². The van der Waals surface area contributed by atoms with Crippen molar-refractivity contribution in [3.63, 3.8) is 0 Å². The van der Waals surface area contributed by atoms with Crippen molar-refractivity contribution in [3.8, 4) is 0 Å². The van der Waals surface area contributed by atoms with E-state index < -0.39 is 14.9 Å². The summed E-state index contributed by atoms with van der Waals surface area (Å²) >= 11 is 5.94. The molecule has 0 aromatic heterocycles. The first-order valence-corrected chi connectivity index (χ1v) is 10.2. The van der Waals surface area contributed by atoms with Crippen LogP contribution in [0.15, 0.2) is 77.7 Å². The van der Waals surface area contributed by atoms with Crippen molar-refractivity contribution in [1.82, 2.24) is 0 Å². The highest BCUT2D eigenvalue weighted by Crippen LogP contribution is 2.28. The van der Waals surface area contributed by atoms with Crippen molar-refractivity contribution in [2.75, 3.05) is 4.31 Å².